The van der Waals surface area contributed by atoms with Crippen LogP contribution in [0.4, 0.5) is 0 Å². The molecule has 1 aromatic rings. The van der Waals surface area contributed by atoms with E-state index in [0.29, 0.717) is 5.92 Å². The standard InChI is InChI=1S/C13H18ClNO/c14-12-3-1-11(2-4-12)13(16)9-10-5-7-15-8-6-10/h1-4,10,13,15-16H,5-9H2/t13-/m0/s1. The topological polar surface area (TPSA) is 32.3 Å². The predicted octanol–water partition coefficient (Wildman–Crippen LogP) is 2.76. The molecule has 1 aliphatic rings. The summed E-state index contributed by atoms with van der Waals surface area (Å²) in [6.45, 7) is 2.16. The van der Waals surface area contributed by atoms with Crippen molar-refractivity contribution in [2.24, 2.45) is 5.92 Å². The van der Waals surface area contributed by atoms with Crippen molar-refractivity contribution >= 4 is 11.6 Å². The van der Waals surface area contributed by atoms with Gasteiger partial charge in [-0.3, -0.25) is 0 Å². The van der Waals surface area contributed by atoms with E-state index < -0.39 is 0 Å². The Morgan fingerprint density at radius 1 is 1.25 bits per heavy atom. The van der Waals surface area contributed by atoms with E-state index in [0.717, 1.165) is 30.1 Å². The van der Waals surface area contributed by atoms with E-state index in [4.69, 9.17) is 11.6 Å². The smallest absolute Gasteiger partial charge is 0.0792 e. The third kappa shape index (κ3) is 3.21. The first-order valence-electron chi connectivity index (χ1n) is 5.90. The fourth-order valence-corrected chi connectivity index (χ4v) is 2.38. The van der Waals surface area contributed by atoms with Gasteiger partial charge in [-0.15, -0.1) is 0 Å². The van der Waals surface area contributed by atoms with Crippen LogP contribution >= 0.6 is 11.6 Å². The Kier molecular flexibility index (Phi) is 4.22. The summed E-state index contributed by atoms with van der Waals surface area (Å²) in [4.78, 5) is 0. The van der Waals surface area contributed by atoms with Crippen molar-refractivity contribution in [3.05, 3.63) is 34.9 Å². The number of hydrogen-bond donors (Lipinski definition) is 2. The number of hydrogen-bond acceptors (Lipinski definition) is 2. The summed E-state index contributed by atoms with van der Waals surface area (Å²) in [5, 5.41) is 14.2. The number of benzene rings is 1. The van der Waals surface area contributed by atoms with E-state index in [2.05, 4.69) is 5.32 Å². The minimum absolute atomic E-state index is 0.347. The molecule has 2 nitrogen and oxygen atoms in total. The second-order valence-corrected chi connectivity index (χ2v) is 4.93. The summed E-state index contributed by atoms with van der Waals surface area (Å²) in [6.07, 6.45) is 2.86. The SMILES string of the molecule is O[C@@H](CC1CCNCC1)c1ccc(Cl)cc1. The van der Waals surface area contributed by atoms with E-state index >= 15 is 0 Å². The minimum atomic E-state index is -0.347. The molecule has 3 heteroatoms. The van der Waals surface area contributed by atoms with Gasteiger partial charge in [0, 0.05) is 5.02 Å². The molecule has 1 atom stereocenters. The molecule has 1 fully saturated rings. The largest absolute Gasteiger partial charge is 0.388 e. The monoisotopic (exact) mass is 239 g/mol. The molecular weight excluding hydrogens is 222 g/mol. The van der Waals surface area contributed by atoms with Crippen LogP contribution in [-0.4, -0.2) is 18.2 Å². The quantitative estimate of drug-likeness (QED) is 0.850. The second kappa shape index (κ2) is 5.67. The molecule has 0 aliphatic carbocycles. The van der Waals surface area contributed by atoms with Gasteiger partial charge in [-0.1, -0.05) is 23.7 Å². The lowest BCUT2D eigenvalue weighted by Crippen LogP contribution is -2.28. The van der Waals surface area contributed by atoms with Gasteiger partial charge in [-0.25, -0.2) is 0 Å². The number of nitrogens with one attached hydrogen (secondary N) is 1. The van der Waals surface area contributed by atoms with Crippen molar-refractivity contribution in [3.8, 4) is 0 Å². The number of halogens is 1. The summed E-state index contributed by atoms with van der Waals surface area (Å²) in [5.41, 5.74) is 0.975. The number of aliphatic hydroxyl groups excluding tert-OH is 1. The molecule has 0 saturated carbocycles. The zero-order valence-corrected chi connectivity index (χ0v) is 10.1. The molecule has 1 saturated heterocycles. The first kappa shape index (κ1) is 11.9. The molecule has 0 unspecified atom stereocenters. The average Bonchev–Trinajstić information content (AvgIpc) is 2.31. The molecule has 1 heterocycles. The zero-order valence-electron chi connectivity index (χ0n) is 9.32. The molecule has 2 N–H and O–H groups in total. The van der Waals surface area contributed by atoms with Crippen LogP contribution in [0.25, 0.3) is 0 Å². The van der Waals surface area contributed by atoms with Crippen LogP contribution < -0.4 is 5.32 Å². The molecule has 0 bridgehead atoms. The molecular formula is C13H18ClNO. The summed E-state index contributed by atoms with van der Waals surface area (Å²) < 4.78 is 0. The van der Waals surface area contributed by atoms with Gasteiger partial charge in [0.15, 0.2) is 0 Å². The Balaban J connectivity index is 1.91. The van der Waals surface area contributed by atoms with Gasteiger partial charge < -0.3 is 10.4 Å². The molecule has 1 aromatic carbocycles. The minimum Gasteiger partial charge on any atom is -0.388 e. The van der Waals surface area contributed by atoms with Gasteiger partial charge in [0.25, 0.3) is 0 Å². The highest BCUT2D eigenvalue weighted by molar-refractivity contribution is 6.30. The first-order valence-corrected chi connectivity index (χ1v) is 6.28. The van der Waals surface area contributed by atoms with Gasteiger partial charge >= 0.3 is 0 Å². The van der Waals surface area contributed by atoms with Crippen molar-refractivity contribution in [2.75, 3.05) is 13.1 Å². The Labute approximate surface area is 102 Å². The van der Waals surface area contributed by atoms with E-state index in [1.54, 1.807) is 0 Å². The Hall–Kier alpha value is -0.570. The maximum Gasteiger partial charge on any atom is 0.0792 e. The highest BCUT2D eigenvalue weighted by Gasteiger charge is 2.18. The number of rotatable bonds is 3. The summed E-state index contributed by atoms with van der Waals surface area (Å²) in [6, 6.07) is 7.49. The van der Waals surface area contributed by atoms with E-state index in [1.807, 2.05) is 24.3 Å². The highest BCUT2D eigenvalue weighted by atomic mass is 35.5. The van der Waals surface area contributed by atoms with Gasteiger partial charge in [0.2, 0.25) is 0 Å². The molecule has 0 amide bonds. The van der Waals surface area contributed by atoms with Gasteiger partial charge in [0.05, 0.1) is 6.10 Å². The first-order chi connectivity index (χ1) is 7.75. The molecule has 0 aromatic heterocycles. The van der Waals surface area contributed by atoms with Crippen molar-refractivity contribution in [3.63, 3.8) is 0 Å². The van der Waals surface area contributed by atoms with Crippen molar-refractivity contribution < 1.29 is 5.11 Å². The third-order valence-electron chi connectivity index (χ3n) is 3.27. The lowest BCUT2D eigenvalue weighted by atomic mass is 9.90. The van der Waals surface area contributed by atoms with Crippen LogP contribution in [0.15, 0.2) is 24.3 Å². The van der Waals surface area contributed by atoms with Crippen molar-refractivity contribution in [2.45, 2.75) is 25.4 Å². The fourth-order valence-electron chi connectivity index (χ4n) is 2.25. The van der Waals surface area contributed by atoms with Gasteiger partial charge in [-0.05, 0) is 56.0 Å². The second-order valence-electron chi connectivity index (χ2n) is 4.50. The third-order valence-corrected chi connectivity index (χ3v) is 3.52. The predicted molar refractivity (Wildman–Crippen MR) is 66.6 cm³/mol. The summed E-state index contributed by atoms with van der Waals surface area (Å²) in [7, 11) is 0. The maximum atomic E-state index is 10.1. The van der Waals surface area contributed by atoms with Crippen LogP contribution in [-0.2, 0) is 0 Å². The number of aliphatic hydroxyl groups is 1. The molecule has 1 aliphatic heterocycles. The maximum absolute atomic E-state index is 10.1. The average molecular weight is 240 g/mol. The normalized spacial score (nSPS) is 19.6. The van der Waals surface area contributed by atoms with E-state index in [1.165, 1.54) is 12.8 Å². The lowest BCUT2D eigenvalue weighted by Gasteiger charge is -2.24. The fraction of sp³-hybridized carbons (Fsp3) is 0.538. The van der Waals surface area contributed by atoms with E-state index in [-0.39, 0.29) is 6.10 Å². The van der Waals surface area contributed by atoms with Crippen LogP contribution in [0.2, 0.25) is 5.02 Å². The van der Waals surface area contributed by atoms with Crippen molar-refractivity contribution in [1.82, 2.24) is 5.32 Å². The molecule has 0 spiro atoms. The molecule has 16 heavy (non-hydrogen) atoms. The van der Waals surface area contributed by atoms with Gasteiger partial charge in [-0.2, -0.15) is 0 Å². The van der Waals surface area contributed by atoms with Crippen molar-refractivity contribution in [1.29, 1.82) is 0 Å². The van der Waals surface area contributed by atoms with Crippen LogP contribution in [0.5, 0.6) is 0 Å². The van der Waals surface area contributed by atoms with Crippen LogP contribution in [0.3, 0.4) is 0 Å². The molecule has 2 rings (SSSR count). The van der Waals surface area contributed by atoms with Crippen LogP contribution in [0, 0.1) is 5.92 Å². The van der Waals surface area contributed by atoms with E-state index in [9.17, 15) is 5.11 Å². The number of piperidine rings is 1. The zero-order chi connectivity index (χ0) is 11.4. The lowest BCUT2D eigenvalue weighted by molar-refractivity contribution is 0.133. The highest BCUT2D eigenvalue weighted by Crippen LogP contribution is 2.26. The van der Waals surface area contributed by atoms with Gasteiger partial charge in [0.1, 0.15) is 0 Å². The molecule has 88 valence electrons. The van der Waals surface area contributed by atoms with Crippen LogP contribution in [0.1, 0.15) is 30.9 Å². The Morgan fingerprint density at radius 3 is 2.50 bits per heavy atom. The summed E-state index contributed by atoms with van der Waals surface area (Å²) in [5.74, 6) is 0.645. The Bertz CT molecular complexity index is 319. The molecule has 0 radical (unpaired) electrons. The Morgan fingerprint density at radius 2 is 1.88 bits per heavy atom. The summed E-state index contributed by atoms with van der Waals surface area (Å²) >= 11 is 5.82.